The van der Waals surface area contributed by atoms with Crippen LogP contribution in [0.15, 0.2) is 30.3 Å². The van der Waals surface area contributed by atoms with E-state index in [1.54, 1.807) is 0 Å². The summed E-state index contributed by atoms with van der Waals surface area (Å²) < 4.78 is 5.17. The maximum atomic E-state index is 12.3. The molecule has 1 atom stereocenters. The molecule has 6 heteroatoms. The zero-order chi connectivity index (χ0) is 18.9. The molecule has 0 bridgehead atoms. The highest BCUT2D eigenvalue weighted by Gasteiger charge is 2.25. The van der Waals surface area contributed by atoms with Crippen molar-refractivity contribution in [3.05, 3.63) is 35.9 Å². The van der Waals surface area contributed by atoms with Gasteiger partial charge in [-0.2, -0.15) is 0 Å². The minimum Gasteiger partial charge on any atom is -0.445 e. The van der Waals surface area contributed by atoms with Crippen molar-refractivity contribution in [2.45, 2.75) is 46.8 Å². The van der Waals surface area contributed by atoms with Crippen LogP contribution in [0.4, 0.5) is 4.79 Å². The lowest BCUT2D eigenvalue weighted by molar-refractivity contribution is -0.124. The van der Waals surface area contributed by atoms with Crippen LogP contribution in [-0.2, 0) is 16.1 Å². The minimum absolute atomic E-state index is 0.0561. The Morgan fingerprint density at radius 3 is 2.40 bits per heavy atom. The Morgan fingerprint density at radius 2 is 1.84 bits per heavy atom. The maximum Gasteiger partial charge on any atom is 0.408 e. The van der Waals surface area contributed by atoms with Gasteiger partial charge in [-0.1, -0.05) is 58.0 Å². The van der Waals surface area contributed by atoms with Crippen molar-refractivity contribution in [1.82, 2.24) is 10.6 Å². The molecule has 25 heavy (non-hydrogen) atoms. The van der Waals surface area contributed by atoms with Gasteiger partial charge >= 0.3 is 6.09 Å². The van der Waals surface area contributed by atoms with Gasteiger partial charge in [0.1, 0.15) is 12.6 Å². The Bertz CT molecular complexity index is 544. The molecule has 0 unspecified atom stereocenters. The summed E-state index contributed by atoms with van der Waals surface area (Å²) in [5.74, 6) is -0.324. The molecule has 0 fully saturated rings. The van der Waals surface area contributed by atoms with Crippen molar-refractivity contribution in [2.24, 2.45) is 11.3 Å². The molecule has 2 amide bonds. The molecule has 0 aliphatic rings. The molecule has 1 rings (SSSR count). The lowest BCUT2D eigenvalue weighted by Gasteiger charge is -2.24. The molecule has 0 aliphatic carbocycles. The average Bonchev–Trinajstić information content (AvgIpc) is 2.58. The largest absolute Gasteiger partial charge is 0.445 e. The van der Waals surface area contributed by atoms with Crippen LogP contribution >= 0.6 is 0 Å². The quantitative estimate of drug-likeness (QED) is 0.638. The summed E-state index contributed by atoms with van der Waals surface area (Å²) in [6.45, 7) is 8.23. The molecule has 0 saturated carbocycles. The number of hydrogen-bond acceptors (Lipinski definition) is 4. The minimum atomic E-state index is -0.666. The number of benzene rings is 1. The number of rotatable bonds is 9. The highest BCUT2D eigenvalue weighted by molar-refractivity contribution is 5.85. The third-order valence-corrected chi connectivity index (χ3v) is 3.96. The molecule has 0 radical (unpaired) electrons. The maximum absolute atomic E-state index is 12.3. The molecule has 140 valence electrons. The number of carbonyl (C=O) groups is 2. The van der Waals surface area contributed by atoms with Crippen molar-refractivity contribution in [1.29, 1.82) is 0 Å². The van der Waals surface area contributed by atoms with Gasteiger partial charge in [-0.05, 0) is 23.3 Å². The van der Waals surface area contributed by atoms with E-state index in [4.69, 9.17) is 4.74 Å². The van der Waals surface area contributed by atoms with Gasteiger partial charge in [0.2, 0.25) is 5.91 Å². The fourth-order valence-corrected chi connectivity index (χ4v) is 2.14. The predicted molar refractivity (Wildman–Crippen MR) is 96.9 cm³/mol. The molecule has 1 aromatic rings. The predicted octanol–water partition coefficient (Wildman–Crippen LogP) is 2.46. The Labute approximate surface area is 150 Å². The molecular formula is C19H30N2O4. The molecule has 3 N–H and O–H groups in total. The number of amides is 2. The summed E-state index contributed by atoms with van der Waals surface area (Å²) in [6.07, 6.45) is 0.0341. The van der Waals surface area contributed by atoms with Gasteiger partial charge in [0.05, 0.1) is 0 Å². The first-order chi connectivity index (χ1) is 11.7. The molecule has 0 heterocycles. The summed E-state index contributed by atoms with van der Waals surface area (Å²) in [5, 5.41) is 14.7. The topological polar surface area (TPSA) is 87.7 Å². The number of ether oxygens (including phenoxy) is 1. The van der Waals surface area contributed by atoms with E-state index in [1.165, 1.54) is 0 Å². The fourth-order valence-electron chi connectivity index (χ4n) is 2.14. The molecule has 6 nitrogen and oxygen atoms in total. The summed E-state index contributed by atoms with van der Waals surface area (Å²) in [4.78, 5) is 24.3. The smallest absolute Gasteiger partial charge is 0.408 e. The highest BCUT2D eigenvalue weighted by atomic mass is 16.5. The van der Waals surface area contributed by atoms with E-state index < -0.39 is 12.1 Å². The Balaban J connectivity index is 2.46. The van der Waals surface area contributed by atoms with E-state index in [9.17, 15) is 14.7 Å². The zero-order valence-electron chi connectivity index (χ0n) is 15.5. The number of hydrogen-bond donors (Lipinski definition) is 3. The normalized spacial score (nSPS) is 12.6. The first-order valence-corrected chi connectivity index (χ1v) is 8.61. The van der Waals surface area contributed by atoms with Crippen molar-refractivity contribution in [3.63, 3.8) is 0 Å². The van der Waals surface area contributed by atoms with Crippen LogP contribution in [0.2, 0.25) is 0 Å². The van der Waals surface area contributed by atoms with Crippen LogP contribution in [0.5, 0.6) is 0 Å². The van der Waals surface area contributed by atoms with E-state index in [0.29, 0.717) is 13.0 Å². The van der Waals surface area contributed by atoms with Crippen LogP contribution in [-0.4, -0.2) is 36.3 Å². The number of aliphatic hydroxyl groups is 1. The van der Waals surface area contributed by atoms with E-state index in [0.717, 1.165) is 5.56 Å². The second kappa shape index (κ2) is 10.0. The van der Waals surface area contributed by atoms with Crippen LogP contribution in [0, 0.1) is 11.3 Å². The first kappa shape index (κ1) is 21.0. The third kappa shape index (κ3) is 8.03. The summed E-state index contributed by atoms with van der Waals surface area (Å²) >= 11 is 0. The Morgan fingerprint density at radius 1 is 1.20 bits per heavy atom. The van der Waals surface area contributed by atoms with Crippen LogP contribution in [0.1, 0.15) is 39.7 Å². The number of carbonyl (C=O) groups excluding carboxylic acids is 2. The van der Waals surface area contributed by atoms with Crippen molar-refractivity contribution < 1.29 is 19.4 Å². The summed E-state index contributed by atoms with van der Waals surface area (Å²) in [7, 11) is 0. The van der Waals surface area contributed by atoms with Gasteiger partial charge in [0, 0.05) is 13.2 Å². The number of alkyl carbamates (subject to hydrolysis) is 1. The highest BCUT2D eigenvalue weighted by Crippen LogP contribution is 2.17. The molecule has 1 aromatic carbocycles. The standard InChI is InChI=1S/C19H30N2O4/c1-14(2)16(17(23)20-11-10-19(3,4)13-22)21-18(24)25-12-15-8-6-5-7-9-15/h5-9,14,16,22H,10-13H2,1-4H3,(H,20,23)(H,21,24)/t16-/m0/s1. The fraction of sp³-hybridized carbons (Fsp3) is 0.579. The zero-order valence-corrected chi connectivity index (χ0v) is 15.5. The van der Waals surface area contributed by atoms with E-state index >= 15 is 0 Å². The first-order valence-electron chi connectivity index (χ1n) is 8.61. The van der Waals surface area contributed by atoms with E-state index in [-0.39, 0.29) is 30.5 Å². The van der Waals surface area contributed by atoms with Crippen LogP contribution < -0.4 is 10.6 Å². The van der Waals surface area contributed by atoms with Crippen molar-refractivity contribution in [3.8, 4) is 0 Å². The SMILES string of the molecule is CC(C)[C@H](NC(=O)OCc1ccccc1)C(=O)NCCC(C)(C)CO. The lowest BCUT2D eigenvalue weighted by atomic mass is 9.90. The second-order valence-corrected chi connectivity index (χ2v) is 7.29. The van der Waals surface area contributed by atoms with Gasteiger partial charge in [0.15, 0.2) is 0 Å². The van der Waals surface area contributed by atoms with Gasteiger partial charge in [-0.25, -0.2) is 4.79 Å². The molecule has 0 aromatic heterocycles. The van der Waals surface area contributed by atoms with Crippen molar-refractivity contribution >= 4 is 12.0 Å². The second-order valence-electron chi connectivity index (χ2n) is 7.29. The molecule has 0 saturated heterocycles. The number of aliphatic hydroxyl groups excluding tert-OH is 1. The lowest BCUT2D eigenvalue weighted by Crippen LogP contribution is -2.50. The van der Waals surface area contributed by atoms with Gasteiger partial charge in [-0.15, -0.1) is 0 Å². The molecule has 0 aliphatic heterocycles. The van der Waals surface area contributed by atoms with Crippen molar-refractivity contribution in [2.75, 3.05) is 13.2 Å². The third-order valence-electron chi connectivity index (χ3n) is 3.96. The monoisotopic (exact) mass is 350 g/mol. The van der Waals surface area contributed by atoms with E-state index in [2.05, 4.69) is 10.6 Å². The number of nitrogens with one attached hydrogen (secondary N) is 2. The van der Waals surface area contributed by atoms with Gasteiger partial charge < -0.3 is 20.5 Å². The van der Waals surface area contributed by atoms with Gasteiger partial charge in [0.25, 0.3) is 0 Å². The van der Waals surface area contributed by atoms with Crippen LogP contribution in [0.3, 0.4) is 0 Å². The Kier molecular flexibility index (Phi) is 8.41. The van der Waals surface area contributed by atoms with Gasteiger partial charge in [-0.3, -0.25) is 4.79 Å². The average molecular weight is 350 g/mol. The summed E-state index contributed by atoms with van der Waals surface area (Å²) in [6, 6.07) is 8.69. The molecular weight excluding hydrogens is 320 g/mol. The van der Waals surface area contributed by atoms with E-state index in [1.807, 2.05) is 58.0 Å². The summed E-state index contributed by atoms with van der Waals surface area (Å²) in [5.41, 5.74) is 0.636. The molecule has 0 spiro atoms. The Hall–Kier alpha value is -2.08. The van der Waals surface area contributed by atoms with Crippen LogP contribution in [0.25, 0.3) is 0 Å².